The van der Waals surface area contributed by atoms with Crippen LogP contribution in [0.25, 0.3) is 10.9 Å². The number of hydrogen-bond acceptors (Lipinski definition) is 6. The highest BCUT2D eigenvalue weighted by molar-refractivity contribution is 7.09. The first-order chi connectivity index (χ1) is 9.63. The van der Waals surface area contributed by atoms with E-state index in [1.165, 1.54) is 11.5 Å². The van der Waals surface area contributed by atoms with Crippen LogP contribution in [0.5, 0.6) is 0 Å². The number of anilines is 2. The monoisotopic (exact) mass is 286 g/mol. The number of fused-ring (bicyclic) bond motifs is 1. The lowest BCUT2D eigenvalue weighted by Gasteiger charge is -2.05. The lowest BCUT2D eigenvalue weighted by atomic mass is 10.1. The van der Waals surface area contributed by atoms with Crippen LogP contribution in [-0.4, -0.2) is 25.4 Å². The van der Waals surface area contributed by atoms with E-state index in [0.29, 0.717) is 27.7 Å². The molecule has 0 aliphatic carbocycles. The smallest absolute Gasteiger partial charge is 0.336 e. The van der Waals surface area contributed by atoms with Crippen LogP contribution < -0.4 is 5.32 Å². The number of pyridine rings is 1. The van der Waals surface area contributed by atoms with Crippen LogP contribution in [0.1, 0.15) is 16.2 Å². The number of nitrogens with one attached hydrogen (secondary N) is 1. The number of aromatic carboxylic acids is 1. The number of hydrogen-bond donors (Lipinski definition) is 2. The molecule has 2 aromatic heterocycles. The molecule has 2 heterocycles. The SMILES string of the molecule is Cc1nsc(Nc2ccc3c(C(=O)O)cccc3n2)n1. The van der Waals surface area contributed by atoms with E-state index in [0.717, 1.165) is 0 Å². The molecule has 0 fully saturated rings. The summed E-state index contributed by atoms with van der Waals surface area (Å²) in [6, 6.07) is 8.48. The van der Waals surface area contributed by atoms with Crippen molar-refractivity contribution in [2.75, 3.05) is 5.32 Å². The highest BCUT2D eigenvalue weighted by atomic mass is 32.1. The van der Waals surface area contributed by atoms with Gasteiger partial charge in [-0.3, -0.25) is 0 Å². The summed E-state index contributed by atoms with van der Waals surface area (Å²) >= 11 is 1.25. The Morgan fingerprint density at radius 2 is 2.10 bits per heavy atom. The molecule has 0 spiro atoms. The quantitative estimate of drug-likeness (QED) is 0.769. The number of nitrogens with zero attached hydrogens (tertiary/aromatic N) is 3. The number of rotatable bonds is 3. The second-order valence-corrected chi connectivity index (χ2v) is 4.90. The van der Waals surface area contributed by atoms with E-state index in [-0.39, 0.29) is 5.56 Å². The van der Waals surface area contributed by atoms with E-state index in [2.05, 4.69) is 19.7 Å². The van der Waals surface area contributed by atoms with Crippen molar-refractivity contribution in [1.29, 1.82) is 0 Å². The summed E-state index contributed by atoms with van der Waals surface area (Å²) in [7, 11) is 0. The third-order valence-electron chi connectivity index (χ3n) is 2.72. The predicted molar refractivity (Wildman–Crippen MR) is 76.6 cm³/mol. The molecular weight excluding hydrogens is 276 g/mol. The molecule has 2 N–H and O–H groups in total. The maximum atomic E-state index is 11.1. The van der Waals surface area contributed by atoms with Gasteiger partial charge in [-0.1, -0.05) is 6.07 Å². The van der Waals surface area contributed by atoms with Gasteiger partial charge in [-0.15, -0.1) is 0 Å². The maximum absolute atomic E-state index is 11.1. The van der Waals surface area contributed by atoms with Gasteiger partial charge in [0, 0.05) is 16.9 Å². The average Bonchev–Trinajstić information content (AvgIpc) is 2.83. The fraction of sp³-hybridized carbons (Fsp3) is 0.0769. The number of aromatic nitrogens is 3. The second kappa shape index (κ2) is 4.86. The molecule has 0 aliphatic rings. The molecule has 0 bridgehead atoms. The predicted octanol–water partition coefficient (Wildman–Crippen LogP) is 2.84. The molecule has 1 aromatic carbocycles. The van der Waals surface area contributed by atoms with Gasteiger partial charge in [0.25, 0.3) is 0 Å². The Hall–Kier alpha value is -2.54. The molecule has 20 heavy (non-hydrogen) atoms. The Kier molecular flexibility index (Phi) is 3.03. The van der Waals surface area contributed by atoms with Gasteiger partial charge < -0.3 is 10.4 Å². The summed E-state index contributed by atoms with van der Waals surface area (Å²) in [5, 5.41) is 13.4. The zero-order valence-electron chi connectivity index (χ0n) is 10.5. The molecule has 0 atom stereocenters. The van der Waals surface area contributed by atoms with Crippen LogP contribution in [0.4, 0.5) is 10.9 Å². The van der Waals surface area contributed by atoms with Gasteiger partial charge in [0.15, 0.2) is 0 Å². The molecule has 6 nitrogen and oxygen atoms in total. The standard InChI is InChI=1S/C13H10N4O2S/c1-7-14-13(20-17-7)16-11-6-5-8-9(12(18)19)3-2-4-10(8)15-11/h2-6H,1H3,(H,18,19)(H,14,15,16,17). The molecule has 3 rings (SSSR count). The summed E-state index contributed by atoms with van der Waals surface area (Å²) in [5.41, 5.74) is 0.865. The van der Waals surface area contributed by atoms with E-state index >= 15 is 0 Å². The van der Waals surface area contributed by atoms with Gasteiger partial charge >= 0.3 is 5.97 Å². The van der Waals surface area contributed by atoms with Crippen LogP contribution in [0.2, 0.25) is 0 Å². The Balaban J connectivity index is 2.01. The summed E-state index contributed by atoms with van der Waals surface area (Å²) < 4.78 is 4.07. The Labute approximate surface area is 118 Å². The normalized spacial score (nSPS) is 10.7. The topological polar surface area (TPSA) is 88.0 Å². The lowest BCUT2D eigenvalue weighted by Crippen LogP contribution is -1.99. The largest absolute Gasteiger partial charge is 0.478 e. The second-order valence-electron chi connectivity index (χ2n) is 4.15. The number of carboxylic acid groups (broad SMARTS) is 1. The van der Waals surface area contributed by atoms with Crippen molar-refractivity contribution in [3.8, 4) is 0 Å². The van der Waals surface area contributed by atoms with Crippen molar-refractivity contribution in [2.24, 2.45) is 0 Å². The molecule has 0 saturated heterocycles. The third-order valence-corrected chi connectivity index (χ3v) is 3.45. The molecule has 0 aliphatic heterocycles. The van der Waals surface area contributed by atoms with Crippen molar-refractivity contribution >= 4 is 39.4 Å². The van der Waals surface area contributed by atoms with Crippen molar-refractivity contribution in [3.63, 3.8) is 0 Å². The van der Waals surface area contributed by atoms with Crippen LogP contribution in [0.15, 0.2) is 30.3 Å². The number of benzene rings is 1. The Morgan fingerprint density at radius 3 is 2.80 bits per heavy atom. The first-order valence-corrected chi connectivity index (χ1v) is 6.61. The molecular formula is C13H10N4O2S. The van der Waals surface area contributed by atoms with Gasteiger partial charge in [-0.05, 0) is 31.2 Å². The van der Waals surface area contributed by atoms with Crippen molar-refractivity contribution in [1.82, 2.24) is 14.3 Å². The molecule has 0 radical (unpaired) electrons. The van der Waals surface area contributed by atoms with Crippen LogP contribution in [0.3, 0.4) is 0 Å². The van der Waals surface area contributed by atoms with Crippen molar-refractivity contribution < 1.29 is 9.90 Å². The zero-order valence-corrected chi connectivity index (χ0v) is 11.3. The number of carbonyl (C=O) groups is 1. The number of carboxylic acids is 1. The number of aryl methyl sites for hydroxylation is 1. The molecule has 7 heteroatoms. The molecule has 0 saturated carbocycles. The third kappa shape index (κ3) is 2.30. The van der Waals surface area contributed by atoms with E-state index in [4.69, 9.17) is 5.11 Å². The summed E-state index contributed by atoms with van der Waals surface area (Å²) in [4.78, 5) is 19.7. The summed E-state index contributed by atoms with van der Waals surface area (Å²) in [6.45, 7) is 1.81. The van der Waals surface area contributed by atoms with E-state index in [1.54, 1.807) is 30.3 Å². The van der Waals surface area contributed by atoms with E-state index in [1.807, 2.05) is 6.92 Å². The van der Waals surface area contributed by atoms with Gasteiger partial charge in [0.1, 0.15) is 11.6 Å². The van der Waals surface area contributed by atoms with Gasteiger partial charge in [0.05, 0.1) is 11.1 Å². The van der Waals surface area contributed by atoms with Crippen LogP contribution in [0, 0.1) is 6.92 Å². The zero-order chi connectivity index (χ0) is 14.1. The fourth-order valence-corrected chi connectivity index (χ4v) is 2.45. The lowest BCUT2D eigenvalue weighted by molar-refractivity contribution is 0.0699. The summed E-state index contributed by atoms with van der Waals surface area (Å²) in [6.07, 6.45) is 0. The van der Waals surface area contributed by atoms with Crippen molar-refractivity contribution in [3.05, 3.63) is 41.7 Å². The van der Waals surface area contributed by atoms with Gasteiger partial charge in [-0.25, -0.2) is 14.8 Å². The van der Waals surface area contributed by atoms with Gasteiger partial charge in [0.2, 0.25) is 5.13 Å². The summed E-state index contributed by atoms with van der Waals surface area (Å²) in [5.74, 6) is 0.348. The highest BCUT2D eigenvalue weighted by Crippen LogP contribution is 2.22. The molecule has 0 amide bonds. The van der Waals surface area contributed by atoms with Crippen LogP contribution in [-0.2, 0) is 0 Å². The van der Waals surface area contributed by atoms with Gasteiger partial charge in [-0.2, -0.15) is 4.37 Å². The first-order valence-electron chi connectivity index (χ1n) is 5.84. The minimum Gasteiger partial charge on any atom is -0.478 e. The van der Waals surface area contributed by atoms with Crippen LogP contribution >= 0.6 is 11.5 Å². The Morgan fingerprint density at radius 1 is 1.25 bits per heavy atom. The Bertz CT molecular complexity index is 800. The minimum absolute atomic E-state index is 0.244. The molecule has 0 unspecified atom stereocenters. The minimum atomic E-state index is -0.960. The molecule has 100 valence electrons. The molecule has 3 aromatic rings. The van der Waals surface area contributed by atoms with E-state index < -0.39 is 5.97 Å². The van der Waals surface area contributed by atoms with Crippen molar-refractivity contribution in [2.45, 2.75) is 6.92 Å². The highest BCUT2D eigenvalue weighted by Gasteiger charge is 2.09. The van der Waals surface area contributed by atoms with E-state index in [9.17, 15) is 4.79 Å². The first kappa shape index (κ1) is 12.5. The average molecular weight is 286 g/mol. The maximum Gasteiger partial charge on any atom is 0.336 e. The fourth-order valence-electron chi connectivity index (χ4n) is 1.87.